The molecule has 0 spiro atoms. The van der Waals surface area contributed by atoms with E-state index in [1.54, 1.807) is 6.92 Å². The number of carbonyl (C=O) groups is 1. The third kappa shape index (κ3) is 2.75. The minimum atomic E-state index is -0.464. The molecule has 6 nitrogen and oxygen atoms in total. The molecule has 0 amide bonds. The number of H-pyrrole nitrogens is 1. The molecule has 1 N–H and O–H groups in total. The molecule has 2 heterocycles. The number of nitrogens with zero attached hydrogens (tertiary/aromatic N) is 2. The second kappa shape index (κ2) is 6.24. The zero-order valence-electron chi connectivity index (χ0n) is 13.5. The van der Waals surface area contributed by atoms with Crippen LogP contribution in [0, 0.1) is 13.8 Å². The Bertz CT molecular complexity index is 987. The molecule has 1 aromatic carbocycles. The van der Waals surface area contributed by atoms with E-state index in [9.17, 15) is 9.59 Å². The van der Waals surface area contributed by atoms with Crippen LogP contribution >= 0.6 is 15.9 Å². The summed E-state index contributed by atoms with van der Waals surface area (Å²) >= 11 is 3.42. The van der Waals surface area contributed by atoms with Crippen molar-refractivity contribution in [3.63, 3.8) is 0 Å². The second-order valence-electron chi connectivity index (χ2n) is 5.51. The average molecular weight is 390 g/mol. The average Bonchev–Trinajstić information content (AvgIpc) is 2.88. The lowest BCUT2D eigenvalue weighted by atomic mass is 10.1. The van der Waals surface area contributed by atoms with Crippen LogP contribution in [0.25, 0.3) is 16.8 Å². The van der Waals surface area contributed by atoms with E-state index in [0.29, 0.717) is 16.9 Å². The van der Waals surface area contributed by atoms with E-state index in [-0.39, 0.29) is 12.0 Å². The molecular formula is C17H16BrN3O3. The Balaban J connectivity index is 2.24. The summed E-state index contributed by atoms with van der Waals surface area (Å²) in [6.07, 6.45) is -0.0945. The van der Waals surface area contributed by atoms with E-state index in [1.165, 1.54) is 11.6 Å². The number of hydrogen-bond donors (Lipinski definition) is 1. The summed E-state index contributed by atoms with van der Waals surface area (Å²) < 4.78 is 7.02. The van der Waals surface area contributed by atoms with Crippen LogP contribution in [-0.2, 0) is 16.0 Å². The van der Waals surface area contributed by atoms with Gasteiger partial charge in [-0.25, -0.2) is 9.50 Å². The van der Waals surface area contributed by atoms with Gasteiger partial charge in [-0.1, -0.05) is 28.1 Å². The number of aromatic nitrogens is 3. The van der Waals surface area contributed by atoms with Gasteiger partial charge in [0.05, 0.1) is 19.1 Å². The van der Waals surface area contributed by atoms with Crippen molar-refractivity contribution in [3.05, 3.63) is 56.0 Å². The lowest BCUT2D eigenvalue weighted by Gasteiger charge is -2.05. The largest absolute Gasteiger partial charge is 0.469 e. The fourth-order valence-corrected chi connectivity index (χ4v) is 2.97. The van der Waals surface area contributed by atoms with E-state index in [4.69, 9.17) is 0 Å². The Morgan fingerprint density at radius 1 is 1.29 bits per heavy atom. The zero-order chi connectivity index (χ0) is 17.4. The van der Waals surface area contributed by atoms with Crippen LogP contribution in [0.3, 0.4) is 0 Å². The molecule has 0 aliphatic carbocycles. The molecule has 124 valence electrons. The van der Waals surface area contributed by atoms with Gasteiger partial charge in [-0.05, 0) is 31.5 Å². The predicted octanol–water partition coefficient (Wildman–Crippen LogP) is 2.78. The minimum absolute atomic E-state index is 0.0945. The van der Waals surface area contributed by atoms with Gasteiger partial charge in [-0.3, -0.25) is 14.7 Å². The van der Waals surface area contributed by atoms with Gasteiger partial charge in [0.2, 0.25) is 0 Å². The molecule has 2 aromatic heterocycles. The van der Waals surface area contributed by atoms with Crippen molar-refractivity contribution in [2.24, 2.45) is 0 Å². The standard InChI is InChI=1S/C17H16BrN3O3/c1-9-13(8-14(22)24-3)17(23)21-16(19-9)15(10(2)20-21)11-4-6-12(18)7-5-11/h4-7,20H,8H2,1-3H3. The van der Waals surface area contributed by atoms with Crippen LogP contribution in [0.5, 0.6) is 0 Å². The summed E-state index contributed by atoms with van der Waals surface area (Å²) in [5.41, 5.74) is 3.79. The van der Waals surface area contributed by atoms with Crippen molar-refractivity contribution in [2.75, 3.05) is 7.11 Å². The molecule has 0 fully saturated rings. The number of halogens is 1. The van der Waals surface area contributed by atoms with Crippen LogP contribution in [0.1, 0.15) is 17.0 Å². The van der Waals surface area contributed by atoms with Gasteiger partial charge >= 0.3 is 5.97 Å². The van der Waals surface area contributed by atoms with E-state index in [1.807, 2.05) is 31.2 Å². The molecule has 3 rings (SSSR count). The number of aromatic amines is 1. The maximum atomic E-state index is 12.7. The number of esters is 1. The smallest absolute Gasteiger partial charge is 0.310 e. The van der Waals surface area contributed by atoms with Gasteiger partial charge < -0.3 is 4.74 Å². The summed E-state index contributed by atoms with van der Waals surface area (Å²) in [5.74, 6) is -0.464. The van der Waals surface area contributed by atoms with E-state index in [0.717, 1.165) is 21.3 Å². The van der Waals surface area contributed by atoms with Crippen LogP contribution in [0.15, 0.2) is 33.5 Å². The third-order valence-electron chi connectivity index (χ3n) is 3.94. The van der Waals surface area contributed by atoms with Gasteiger partial charge in [0.1, 0.15) is 0 Å². The van der Waals surface area contributed by atoms with E-state index >= 15 is 0 Å². The monoisotopic (exact) mass is 389 g/mol. The number of benzene rings is 1. The van der Waals surface area contributed by atoms with Crippen molar-refractivity contribution < 1.29 is 9.53 Å². The lowest BCUT2D eigenvalue weighted by Crippen LogP contribution is -2.24. The summed E-state index contributed by atoms with van der Waals surface area (Å²) in [4.78, 5) is 28.8. The third-order valence-corrected chi connectivity index (χ3v) is 4.47. The van der Waals surface area contributed by atoms with E-state index < -0.39 is 5.97 Å². The van der Waals surface area contributed by atoms with Gasteiger partial charge in [-0.15, -0.1) is 0 Å². The molecule has 0 saturated heterocycles. The second-order valence-corrected chi connectivity index (χ2v) is 6.43. The summed E-state index contributed by atoms with van der Waals surface area (Å²) in [7, 11) is 1.30. The molecule has 3 aromatic rings. The first-order valence-electron chi connectivity index (χ1n) is 7.36. The summed E-state index contributed by atoms with van der Waals surface area (Å²) in [6, 6.07) is 7.80. The number of carbonyl (C=O) groups excluding carboxylic acids is 1. The minimum Gasteiger partial charge on any atom is -0.469 e. The van der Waals surface area contributed by atoms with Gasteiger partial charge in [-0.2, -0.15) is 0 Å². The molecule has 0 aliphatic rings. The van der Waals surface area contributed by atoms with Gasteiger partial charge in [0.25, 0.3) is 5.56 Å². The predicted molar refractivity (Wildman–Crippen MR) is 94.1 cm³/mol. The molecule has 0 aliphatic heterocycles. The Morgan fingerprint density at radius 2 is 1.96 bits per heavy atom. The van der Waals surface area contributed by atoms with Gasteiger partial charge in [0.15, 0.2) is 5.65 Å². The zero-order valence-corrected chi connectivity index (χ0v) is 15.1. The van der Waals surface area contributed by atoms with Crippen LogP contribution in [0.2, 0.25) is 0 Å². The Morgan fingerprint density at radius 3 is 2.58 bits per heavy atom. The molecule has 0 unspecified atom stereocenters. The molecule has 7 heteroatoms. The molecule has 24 heavy (non-hydrogen) atoms. The normalized spacial score (nSPS) is 11.0. The van der Waals surface area contributed by atoms with Crippen molar-refractivity contribution in [2.45, 2.75) is 20.3 Å². The maximum Gasteiger partial charge on any atom is 0.310 e. The quantitative estimate of drug-likeness (QED) is 0.698. The first kappa shape index (κ1) is 16.4. The number of nitrogens with one attached hydrogen (secondary N) is 1. The highest BCUT2D eigenvalue weighted by molar-refractivity contribution is 9.10. The molecular weight excluding hydrogens is 374 g/mol. The fourth-order valence-electron chi connectivity index (χ4n) is 2.71. The number of methoxy groups -OCH3 is 1. The highest BCUT2D eigenvalue weighted by Gasteiger charge is 2.19. The van der Waals surface area contributed by atoms with E-state index in [2.05, 4.69) is 30.7 Å². The van der Waals surface area contributed by atoms with Crippen LogP contribution < -0.4 is 5.56 Å². The topological polar surface area (TPSA) is 76.5 Å². The SMILES string of the molecule is COC(=O)Cc1c(C)nc2c(-c3ccc(Br)cc3)c(C)[nH]n2c1=O. The van der Waals surface area contributed by atoms with Crippen molar-refractivity contribution in [1.82, 2.24) is 14.6 Å². The number of fused-ring (bicyclic) bond motifs is 1. The number of aryl methyl sites for hydroxylation is 2. The van der Waals surface area contributed by atoms with Crippen molar-refractivity contribution in [1.29, 1.82) is 0 Å². The van der Waals surface area contributed by atoms with Gasteiger partial charge in [0, 0.05) is 21.4 Å². The highest BCUT2D eigenvalue weighted by atomic mass is 79.9. The fraction of sp³-hybridized carbons (Fsp3) is 0.235. The highest BCUT2D eigenvalue weighted by Crippen LogP contribution is 2.28. The Labute approximate surface area is 146 Å². The Hall–Kier alpha value is -2.41. The number of hydrogen-bond acceptors (Lipinski definition) is 4. The number of rotatable bonds is 3. The molecule has 0 saturated carbocycles. The summed E-state index contributed by atoms with van der Waals surface area (Å²) in [5, 5.41) is 3.05. The van der Waals surface area contributed by atoms with Crippen LogP contribution in [-0.4, -0.2) is 27.7 Å². The first-order chi connectivity index (χ1) is 11.4. The Kier molecular flexibility index (Phi) is 4.28. The van der Waals surface area contributed by atoms with Crippen molar-refractivity contribution in [3.8, 4) is 11.1 Å². The maximum absolute atomic E-state index is 12.7. The molecule has 0 radical (unpaired) electrons. The lowest BCUT2D eigenvalue weighted by molar-refractivity contribution is -0.139. The molecule has 0 atom stereocenters. The molecule has 0 bridgehead atoms. The first-order valence-corrected chi connectivity index (χ1v) is 8.15. The van der Waals surface area contributed by atoms with Crippen molar-refractivity contribution >= 4 is 27.5 Å². The van der Waals surface area contributed by atoms with Crippen LogP contribution in [0.4, 0.5) is 0 Å². The number of ether oxygens (including phenoxy) is 1. The summed E-state index contributed by atoms with van der Waals surface area (Å²) in [6.45, 7) is 3.62.